The van der Waals surface area contributed by atoms with Crippen molar-refractivity contribution >= 4 is 39.2 Å². The van der Waals surface area contributed by atoms with E-state index in [0.717, 1.165) is 0 Å². The zero-order chi connectivity index (χ0) is 26.1. The summed E-state index contributed by atoms with van der Waals surface area (Å²) in [5.74, 6) is -0.616. The van der Waals surface area contributed by atoms with Crippen LogP contribution in [0.4, 0.5) is 0 Å². The number of esters is 1. The number of rotatable bonds is 9. The number of nitrogens with two attached hydrogens (primary N) is 1. The topological polar surface area (TPSA) is 164 Å². The molecule has 1 fully saturated rings. The number of ether oxygens (including phenoxy) is 1. The fourth-order valence-corrected chi connectivity index (χ4v) is 6.42. The van der Waals surface area contributed by atoms with Crippen LogP contribution in [0.15, 0.2) is 34.1 Å². The standard InChI is InChI=1S/C22H30N4O8S.ClH/c1-14-12-25(18(9-11-34-26(29)30)22(2,3)21(28)33-4)20(27)16-6-5-7-17(19(14)16)35(31,32)24-10-8-15(23)13-24;/h5-7,12,15,18H,8-11,13,23H2,1-4H3;1H/t15?,18-;/m0./s1. The fourth-order valence-electron chi connectivity index (χ4n) is 4.63. The molecule has 200 valence electrons. The molecule has 1 aliphatic rings. The van der Waals surface area contributed by atoms with Gasteiger partial charge in [0.1, 0.15) is 0 Å². The molecule has 36 heavy (non-hydrogen) atoms. The fraction of sp³-hybridized carbons (Fsp3) is 0.545. The van der Waals surface area contributed by atoms with Gasteiger partial charge in [-0.25, -0.2) is 8.42 Å². The van der Waals surface area contributed by atoms with Crippen LogP contribution in [-0.2, 0) is 24.4 Å². The molecule has 1 unspecified atom stereocenters. The molecule has 2 aromatic rings. The number of aryl methyl sites for hydroxylation is 1. The lowest BCUT2D eigenvalue weighted by atomic mass is 9.82. The van der Waals surface area contributed by atoms with Crippen LogP contribution in [-0.4, -0.2) is 61.2 Å². The van der Waals surface area contributed by atoms with E-state index < -0.39 is 38.1 Å². The van der Waals surface area contributed by atoms with Gasteiger partial charge in [-0.3, -0.25) is 9.59 Å². The van der Waals surface area contributed by atoms with Crippen molar-refractivity contribution in [3.8, 4) is 0 Å². The van der Waals surface area contributed by atoms with Crippen LogP contribution in [0.2, 0.25) is 0 Å². The number of nitrogens with zero attached hydrogens (tertiary/aromatic N) is 3. The van der Waals surface area contributed by atoms with Gasteiger partial charge in [0.25, 0.3) is 10.6 Å². The summed E-state index contributed by atoms with van der Waals surface area (Å²) < 4.78 is 34.3. The number of sulfonamides is 1. The Morgan fingerprint density at radius 2 is 2.03 bits per heavy atom. The molecule has 0 bridgehead atoms. The van der Waals surface area contributed by atoms with Crippen LogP contribution in [0, 0.1) is 22.5 Å². The highest BCUT2D eigenvalue weighted by Gasteiger charge is 2.40. The Morgan fingerprint density at radius 1 is 1.36 bits per heavy atom. The van der Waals surface area contributed by atoms with E-state index >= 15 is 0 Å². The second-order valence-electron chi connectivity index (χ2n) is 9.19. The molecule has 0 spiro atoms. The van der Waals surface area contributed by atoms with Crippen molar-refractivity contribution in [2.75, 3.05) is 26.8 Å². The number of methoxy groups -OCH3 is 1. The summed E-state index contributed by atoms with van der Waals surface area (Å²) in [5, 5.41) is 10.2. The minimum atomic E-state index is -3.90. The van der Waals surface area contributed by atoms with E-state index in [1.54, 1.807) is 20.8 Å². The van der Waals surface area contributed by atoms with Crippen LogP contribution in [0.25, 0.3) is 10.8 Å². The van der Waals surface area contributed by atoms with Gasteiger partial charge < -0.3 is 19.9 Å². The van der Waals surface area contributed by atoms with E-state index in [2.05, 4.69) is 4.84 Å². The zero-order valence-electron chi connectivity index (χ0n) is 20.5. The Labute approximate surface area is 214 Å². The molecular formula is C22H31ClN4O8S. The van der Waals surface area contributed by atoms with Crippen LogP contribution in [0.1, 0.15) is 38.3 Å². The lowest BCUT2D eigenvalue weighted by molar-refractivity contribution is -0.758. The van der Waals surface area contributed by atoms with Crippen molar-refractivity contribution < 1.29 is 27.9 Å². The van der Waals surface area contributed by atoms with E-state index in [-0.39, 0.29) is 53.7 Å². The highest BCUT2D eigenvalue weighted by molar-refractivity contribution is 7.89. The van der Waals surface area contributed by atoms with Crippen molar-refractivity contribution in [3.05, 3.63) is 50.4 Å². The number of carbonyl (C=O) groups excluding carboxylic acids is 1. The van der Waals surface area contributed by atoms with E-state index in [4.69, 9.17) is 10.5 Å². The number of fused-ring (bicyclic) bond motifs is 1. The van der Waals surface area contributed by atoms with Gasteiger partial charge >= 0.3 is 5.97 Å². The monoisotopic (exact) mass is 546 g/mol. The van der Waals surface area contributed by atoms with Crippen LogP contribution >= 0.6 is 12.4 Å². The number of halogens is 1. The lowest BCUT2D eigenvalue weighted by Crippen LogP contribution is -2.41. The van der Waals surface area contributed by atoms with Gasteiger partial charge in [-0.1, -0.05) is 6.07 Å². The number of benzene rings is 1. The highest BCUT2D eigenvalue weighted by atomic mass is 35.5. The third kappa shape index (κ3) is 5.48. The largest absolute Gasteiger partial charge is 0.469 e. The van der Waals surface area contributed by atoms with Gasteiger partial charge in [-0.15, -0.1) is 22.5 Å². The Bertz CT molecular complexity index is 1310. The van der Waals surface area contributed by atoms with Crippen LogP contribution in [0.5, 0.6) is 0 Å². The number of hydrogen-bond donors (Lipinski definition) is 1. The van der Waals surface area contributed by atoms with Crippen molar-refractivity contribution in [1.29, 1.82) is 0 Å². The molecule has 0 aliphatic carbocycles. The van der Waals surface area contributed by atoms with E-state index in [0.29, 0.717) is 18.5 Å². The minimum absolute atomic E-state index is 0. The normalized spacial score (nSPS) is 17.4. The maximum atomic E-state index is 13.6. The number of aromatic nitrogens is 1. The molecule has 0 radical (unpaired) electrons. The SMILES string of the molecule is COC(=O)C(C)(C)[C@H](CCO[N+](=O)[O-])n1cc(C)c2c(S(=O)(=O)N3CCC(N)C3)cccc2c1=O.Cl. The zero-order valence-corrected chi connectivity index (χ0v) is 22.1. The second kappa shape index (κ2) is 11.1. The highest BCUT2D eigenvalue weighted by Crippen LogP contribution is 2.36. The average Bonchev–Trinajstić information content (AvgIpc) is 3.25. The maximum absolute atomic E-state index is 13.6. The summed E-state index contributed by atoms with van der Waals surface area (Å²) in [6.45, 7) is 4.94. The van der Waals surface area contributed by atoms with Crippen molar-refractivity contribution in [3.63, 3.8) is 0 Å². The third-order valence-electron chi connectivity index (χ3n) is 6.49. The number of carbonyl (C=O) groups is 1. The van der Waals surface area contributed by atoms with Crippen molar-refractivity contribution in [2.24, 2.45) is 11.1 Å². The summed E-state index contributed by atoms with van der Waals surface area (Å²) in [6.07, 6.45) is 1.98. The molecule has 14 heteroatoms. The molecule has 1 saturated heterocycles. The summed E-state index contributed by atoms with van der Waals surface area (Å²) >= 11 is 0. The predicted octanol–water partition coefficient (Wildman–Crippen LogP) is 1.79. The van der Waals surface area contributed by atoms with Gasteiger partial charge in [0.05, 0.1) is 30.1 Å². The van der Waals surface area contributed by atoms with Gasteiger partial charge in [-0.2, -0.15) is 4.31 Å². The second-order valence-corrected chi connectivity index (χ2v) is 11.1. The maximum Gasteiger partial charge on any atom is 0.313 e. The average molecular weight is 547 g/mol. The molecule has 0 saturated carbocycles. The molecule has 0 amide bonds. The molecule has 2 N–H and O–H groups in total. The van der Waals surface area contributed by atoms with Crippen molar-refractivity contribution in [2.45, 2.75) is 50.6 Å². The summed E-state index contributed by atoms with van der Waals surface area (Å²) in [7, 11) is -2.69. The lowest BCUT2D eigenvalue weighted by Gasteiger charge is -2.33. The smallest absolute Gasteiger partial charge is 0.313 e. The first-order valence-electron chi connectivity index (χ1n) is 11.1. The van der Waals surface area contributed by atoms with Gasteiger partial charge in [0, 0.05) is 36.1 Å². The molecule has 3 rings (SSSR count). The molecule has 2 heterocycles. The quantitative estimate of drug-likeness (QED) is 0.280. The van der Waals surface area contributed by atoms with E-state index in [1.807, 2.05) is 0 Å². The number of hydrogen-bond acceptors (Lipinski definition) is 9. The summed E-state index contributed by atoms with van der Waals surface area (Å²) in [5.41, 5.74) is 4.60. The molecule has 2 atom stereocenters. The van der Waals surface area contributed by atoms with Crippen LogP contribution in [0.3, 0.4) is 0 Å². The minimum Gasteiger partial charge on any atom is -0.469 e. The van der Waals surface area contributed by atoms with Crippen LogP contribution < -0.4 is 11.3 Å². The molecule has 12 nitrogen and oxygen atoms in total. The molecule has 1 aliphatic heterocycles. The first kappa shape index (κ1) is 29.5. The number of pyridine rings is 1. The van der Waals surface area contributed by atoms with E-state index in [1.165, 1.54) is 40.4 Å². The van der Waals surface area contributed by atoms with Gasteiger partial charge in [0.15, 0.2) is 0 Å². The summed E-state index contributed by atoms with van der Waals surface area (Å²) in [6, 6.07) is 3.35. The van der Waals surface area contributed by atoms with Crippen molar-refractivity contribution in [1.82, 2.24) is 8.87 Å². The first-order chi connectivity index (χ1) is 16.3. The summed E-state index contributed by atoms with van der Waals surface area (Å²) in [4.78, 5) is 41.3. The Morgan fingerprint density at radius 3 is 2.58 bits per heavy atom. The first-order valence-corrected chi connectivity index (χ1v) is 12.5. The molecule has 1 aromatic heterocycles. The third-order valence-corrected chi connectivity index (χ3v) is 8.40. The van der Waals surface area contributed by atoms with Gasteiger partial charge in [-0.05, 0) is 51.3 Å². The predicted molar refractivity (Wildman–Crippen MR) is 134 cm³/mol. The van der Waals surface area contributed by atoms with Gasteiger partial charge in [0.2, 0.25) is 10.0 Å². The molecular weight excluding hydrogens is 516 g/mol. The van der Waals surface area contributed by atoms with E-state index in [9.17, 15) is 28.1 Å². The Balaban J connectivity index is 0.00000456. The Kier molecular flexibility index (Phi) is 9.10. The molecule has 1 aromatic carbocycles. The Hall–Kier alpha value is -2.74.